The molecule has 2 aliphatic heterocycles. The molecule has 9 heteroatoms. The van der Waals surface area contributed by atoms with E-state index in [1.165, 1.54) is 4.31 Å². The molecular formula is C16H21N3O4S2. The fraction of sp³-hybridized carbons (Fsp3) is 0.500. The Hall–Kier alpha value is -1.58. The summed E-state index contributed by atoms with van der Waals surface area (Å²) >= 11 is 1.74. The number of carbonyl (C=O) groups excluding carboxylic acids is 2. The number of amides is 2. The summed E-state index contributed by atoms with van der Waals surface area (Å²) < 4.78 is 24.7. The van der Waals surface area contributed by atoms with Crippen molar-refractivity contribution in [2.75, 3.05) is 31.1 Å². The molecule has 0 saturated carbocycles. The summed E-state index contributed by atoms with van der Waals surface area (Å²) in [6.45, 7) is 0.799. The molecule has 2 aliphatic rings. The van der Waals surface area contributed by atoms with Gasteiger partial charge in [0.1, 0.15) is 0 Å². The molecule has 0 bridgehead atoms. The number of hydrogen-bond acceptors (Lipinski definition) is 5. The van der Waals surface area contributed by atoms with Gasteiger partial charge in [-0.1, -0.05) is 18.2 Å². The first-order valence-corrected chi connectivity index (χ1v) is 10.8. The third-order valence-corrected chi connectivity index (χ3v) is 7.40. The van der Waals surface area contributed by atoms with E-state index in [4.69, 9.17) is 0 Å². The van der Waals surface area contributed by atoms with Gasteiger partial charge in [0.05, 0.1) is 11.8 Å². The molecule has 1 unspecified atom stereocenters. The van der Waals surface area contributed by atoms with Gasteiger partial charge in [0, 0.05) is 30.3 Å². The highest BCUT2D eigenvalue weighted by molar-refractivity contribution is 7.99. The van der Waals surface area contributed by atoms with E-state index in [9.17, 15) is 18.0 Å². The Morgan fingerprint density at radius 1 is 1.24 bits per heavy atom. The molecule has 2 heterocycles. The van der Waals surface area contributed by atoms with Gasteiger partial charge < -0.3 is 10.6 Å². The number of carbonyl (C=O) groups is 2. The van der Waals surface area contributed by atoms with Crippen LogP contribution in [0.4, 0.5) is 0 Å². The summed E-state index contributed by atoms with van der Waals surface area (Å²) in [6, 6.07) is 7.67. The van der Waals surface area contributed by atoms with Gasteiger partial charge in [0.15, 0.2) is 0 Å². The van der Waals surface area contributed by atoms with E-state index in [0.717, 1.165) is 22.6 Å². The van der Waals surface area contributed by atoms with Crippen LogP contribution in [0.25, 0.3) is 0 Å². The number of hydrogen-bond donors (Lipinski definition) is 2. The summed E-state index contributed by atoms with van der Waals surface area (Å²) in [5, 5.41) is 5.27. The average Bonchev–Trinajstić information content (AvgIpc) is 2.93. The van der Waals surface area contributed by atoms with Crippen molar-refractivity contribution in [1.82, 2.24) is 14.9 Å². The van der Waals surface area contributed by atoms with Gasteiger partial charge in [-0.2, -0.15) is 0 Å². The second kappa shape index (κ2) is 7.76. The van der Waals surface area contributed by atoms with E-state index < -0.39 is 21.8 Å². The van der Waals surface area contributed by atoms with Crippen LogP contribution in [0.3, 0.4) is 0 Å². The van der Waals surface area contributed by atoms with E-state index in [2.05, 4.69) is 10.6 Å². The number of rotatable bonds is 4. The lowest BCUT2D eigenvalue weighted by Gasteiger charge is -2.25. The van der Waals surface area contributed by atoms with Crippen molar-refractivity contribution in [1.29, 1.82) is 0 Å². The molecule has 1 saturated heterocycles. The summed E-state index contributed by atoms with van der Waals surface area (Å²) in [7, 11) is -3.18. The minimum absolute atomic E-state index is 0.128. The predicted octanol–water partition coefficient (Wildman–Crippen LogP) is 0.491. The summed E-state index contributed by atoms with van der Waals surface area (Å²) in [5.74, 6) is -0.375. The zero-order valence-corrected chi connectivity index (χ0v) is 15.4. The van der Waals surface area contributed by atoms with Crippen LogP contribution in [-0.2, 0) is 19.6 Å². The van der Waals surface area contributed by atoms with Gasteiger partial charge in [-0.15, -0.1) is 11.8 Å². The molecule has 0 radical (unpaired) electrons. The molecule has 3 rings (SSSR count). The number of nitrogens with one attached hydrogen (secondary N) is 2. The van der Waals surface area contributed by atoms with Crippen LogP contribution in [0.1, 0.15) is 24.4 Å². The van der Waals surface area contributed by atoms with Gasteiger partial charge >= 0.3 is 11.8 Å². The predicted molar refractivity (Wildman–Crippen MR) is 95.7 cm³/mol. The second-order valence-corrected chi connectivity index (χ2v) is 9.25. The van der Waals surface area contributed by atoms with Gasteiger partial charge in [0.2, 0.25) is 10.0 Å². The lowest BCUT2D eigenvalue weighted by Crippen LogP contribution is -2.44. The van der Waals surface area contributed by atoms with Gasteiger partial charge in [-0.05, 0) is 24.5 Å². The molecule has 1 aromatic rings. The van der Waals surface area contributed by atoms with Crippen LogP contribution < -0.4 is 10.6 Å². The Bertz CT molecular complexity index is 766. The van der Waals surface area contributed by atoms with Gasteiger partial charge in [-0.3, -0.25) is 9.59 Å². The first kappa shape index (κ1) is 18.2. The van der Waals surface area contributed by atoms with Crippen LogP contribution in [0.5, 0.6) is 0 Å². The first-order valence-electron chi connectivity index (χ1n) is 8.25. The molecule has 7 nitrogen and oxygen atoms in total. The molecule has 1 aromatic carbocycles. The molecule has 0 aromatic heterocycles. The van der Waals surface area contributed by atoms with E-state index >= 15 is 0 Å². The van der Waals surface area contributed by atoms with Crippen LogP contribution >= 0.6 is 11.8 Å². The highest BCUT2D eigenvalue weighted by Crippen LogP contribution is 2.35. The molecule has 0 aliphatic carbocycles. The highest BCUT2D eigenvalue weighted by atomic mass is 32.2. The van der Waals surface area contributed by atoms with Crippen molar-refractivity contribution in [3.05, 3.63) is 29.8 Å². The molecule has 1 fully saturated rings. The molecule has 2 N–H and O–H groups in total. The van der Waals surface area contributed by atoms with Crippen molar-refractivity contribution in [2.24, 2.45) is 0 Å². The average molecular weight is 383 g/mol. The fourth-order valence-corrected chi connectivity index (χ4v) is 5.69. The molecular weight excluding hydrogens is 362 g/mol. The lowest BCUT2D eigenvalue weighted by atomic mass is 10.0. The van der Waals surface area contributed by atoms with Crippen LogP contribution in [0.2, 0.25) is 0 Å². The maximum absolute atomic E-state index is 12.1. The zero-order valence-electron chi connectivity index (χ0n) is 13.7. The topological polar surface area (TPSA) is 95.6 Å². The summed E-state index contributed by atoms with van der Waals surface area (Å²) in [5.41, 5.74) is 1.03. The Balaban J connectivity index is 1.49. The Labute approximate surface area is 151 Å². The number of nitrogens with zero attached hydrogens (tertiary/aromatic N) is 1. The summed E-state index contributed by atoms with van der Waals surface area (Å²) in [6.07, 6.45) is 1.38. The van der Waals surface area contributed by atoms with Crippen molar-refractivity contribution in [3.63, 3.8) is 0 Å². The minimum atomic E-state index is -3.18. The molecule has 136 valence electrons. The largest absolute Gasteiger partial charge is 0.347 e. The number of fused-ring (bicyclic) bond motifs is 1. The van der Waals surface area contributed by atoms with Crippen molar-refractivity contribution in [3.8, 4) is 0 Å². The maximum Gasteiger partial charge on any atom is 0.309 e. The number of benzene rings is 1. The standard InChI is InChI=1S/C16H21N3O4S2/c20-15(17-7-9-19-8-3-11-25(19,22)23)16(21)18-13-6-10-24-14-5-2-1-4-12(13)14/h1-2,4-5,13H,3,6-11H2,(H,17,20)(H,18,21). The molecule has 2 amide bonds. The van der Waals surface area contributed by atoms with Crippen molar-refractivity contribution < 1.29 is 18.0 Å². The van der Waals surface area contributed by atoms with E-state index in [1.807, 2.05) is 24.3 Å². The summed E-state index contributed by atoms with van der Waals surface area (Å²) in [4.78, 5) is 25.2. The smallest absolute Gasteiger partial charge is 0.309 e. The first-order chi connectivity index (χ1) is 12.0. The van der Waals surface area contributed by atoms with E-state index in [1.54, 1.807) is 11.8 Å². The lowest BCUT2D eigenvalue weighted by molar-refractivity contribution is -0.139. The van der Waals surface area contributed by atoms with Crippen molar-refractivity contribution >= 4 is 33.6 Å². The number of sulfonamides is 1. The van der Waals surface area contributed by atoms with Crippen LogP contribution in [-0.4, -0.2) is 55.7 Å². The van der Waals surface area contributed by atoms with Gasteiger partial charge in [-0.25, -0.2) is 12.7 Å². The Morgan fingerprint density at radius 2 is 2.04 bits per heavy atom. The normalized spacial score (nSPS) is 22.2. The molecule has 25 heavy (non-hydrogen) atoms. The third kappa shape index (κ3) is 4.34. The van der Waals surface area contributed by atoms with E-state index in [0.29, 0.717) is 13.0 Å². The van der Waals surface area contributed by atoms with Crippen LogP contribution in [0, 0.1) is 0 Å². The third-order valence-electron chi connectivity index (χ3n) is 4.32. The fourth-order valence-electron chi connectivity index (χ4n) is 3.03. The quantitative estimate of drug-likeness (QED) is 0.738. The van der Waals surface area contributed by atoms with Crippen molar-refractivity contribution in [2.45, 2.75) is 23.8 Å². The zero-order chi connectivity index (χ0) is 17.9. The van der Waals surface area contributed by atoms with E-state index in [-0.39, 0.29) is 24.9 Å². The van der Waals surface area contributed by atoms with Crippen LogP contribution in [0.15, 0.2) is 29.2 Å². The molecule has 1 atom stereocenters. The Kier molecular flexibility index (Phi) is 5.65. The SMILES string of the molecule is O=C(NCCN1CCCS1(=O)=O)C(=O)NC1CCSc2ccccc21. The van der Waals surface area contributed by atoms with Gasteiger partial charge in [0.25, 0.3) is 0 Å². The second-order valence-electron chi connectivity index (χ2n) is 6.03. The molecule has 0 spiro atoms. The Morgan fingerprint density at radius 3 is 2.80 bits per heavy atom. The highest BCUT2D eigenvalue weighted by Gasteiger charge is 2.28. The number of thioether (sulfide) groups is 1. The minimum Gasteiger partial charge on any atom is -0.347 e. The maximum atomic E-state index is 12.1. The monoisotopic (exact) mass is 383 g/mol.